The van der Waals surface area contributed by atoms with E-state index in [0.717, 1.165) is 11.3 Å². The third-order valence-electron chi connectivity index (χ3n) is 3.45. The van der Waals surface area contributed by atoms with Crippen molar-refractivity contribution in [2.24, 2.45) is 5.92 Å². The quantitative estimate of drug-likeness (QED) is 0.794. The van der Waals surface area contributed by atoms with Gasteiger partial charge in [0.05, 0.1) is 16.6 Å². The Bertz CT molecular complexity index is 765. The van der Waals surface area contributed by atoms with E-state index in [4.69, 9.17) is 10.1 Å². The number of nitrogens with zero attached hydrogens (tertiary/aromatic N) is 1. The van der Waals surface area contributed by atoms with E-state index in [1.807, 2.05) is 35.7 Å². The fourth-order valence-electron chi connectivity index (χ4n) is 2.27. The molecule has 4 nitrogen and oxygen atoms in total. The van der Waals surface area contributed by atoms with Crippen molar-refractivity contribution in [3.63, 3.8) is 0 Å². The summed E-state index contributed by atoms with van der Waals surface area (Å²) < 4.78 is 5.66. The first kappa shape index (κ1) is 16.9. The number of thioether (sulfide) groups is 1. The molecule has 0 aliphatic carbocycles. The lowest BCUT2D eigenvalue weighted by Crippen LogP contribution is -2.11. The van der Waals surface area contributed by atoms with E-state index in [1.165, 1.54) is 23.1 Å². The van der Waals surface area contributed by atoms with Crippen LogP contribution in [0, 0.1) is 11.3 Å². The van der Waals surface area contributed by atoms with Gasteiger partial charge in [-0.15, -0.1) is 11.3 Å². The van der Waals surface area contributed by atoms with E-state index in [-0.39, 0.29) is 5.78 Å². The van der Waals surface area contributed by atoms with Gasteiger partial charge in [0, 0.05) is 11.6 Å². The first-order valence-corrected chi connectivity index (χ1v) is 9.38. The molecule has 2 aromatic rings. The maximum atomic E-state index is 12.6. The van der Waals surface area contributed by atoms with Crippen LogP contribution in [0.3, 0.4) is 0 Å². The molecule has 1 aliphatic heterocycles. The molecule has 3 rings (SSSR count). The second kappa shape index (κ2) is 7.32. The van der Waals surface area contributed by atoms with Crippen LogP contribution in [0.4, 0.5) is 0 Å². The predicted molar refractivity (Wildman–Crippen MR) is 99.9 cm³/mol. The molecule has 1 N–H and O–H groups in total. The molecule has 1 aliphatic rings. The summed E-state index contributed by atoms with van der Waals surface area (Å²) in [6.45, 7) is 4.90. The van der Waals surface area contributed by atoms with E-state index in [9.17, 15) is 4.79 Å². The fourth-order valence-corrected chi connectivity index (χ4v) is 4.07. The number of nitrogens with one attached hydrogen (secondary N) is 1. The highest BCUT2D eigenvalue weighted by atomic mass is 32.2. The van der Waals surface area contributed by atoms with Crippen molar-refractivity contribution >= 4 is 40.0 Å². The number of benzene rings is 1. The number of hydrogen-bond donors (Lipinski definition) is 1. The molecule has 124 valence electrons. The molecule has 2 heterocycles. The first-order valence-electron chi connectivity index (χ1n) is 7.69. The average molecular weight is 358 g/mol. The molecule has 0 spiro atoms. The predicted octanol–water partition coefficient (Wildman–Crippen LogP) is 4.60. The second-order valence-electron chi connectivity index (χ2n) is 5.92. The van der Waals surface area contributed by atoms with Gasteiger partial charge in [-0.1, -0.05) is 37.7 Å². The van der Waals surface area contributed by atoms with Gasteiger partial charge in [-0.2, -0.15) is 0 Å². The maximum Gasteiger partial charge on any atom is 0.186 e. The number of rotatable bonds is 5. The van der Waals surface area contributed by atoms with Crippen molar-refractivity contribution in [3.8, 4) is 5.75 Å². The highest BCUT2D eigenvalue weighted by Crippen LogP contribution is 2.41. The van der Waals surface area contributed by atoms with Gasteiger partial charge < -0.3 is 4.74 Å². The molecule has 24 heavy (non-hydrogen) atoms. The number of hydrogen-bond acceptors (Lipinski definition) is 6. The van der Waals surface area contributed by atoms with E-state index in [1.54, 1.807) is 6.20 Å². The molecule has 0 amide bonds. The first-order chi connectivity index (χ1) is 11.5. The van der Waals surface area contributed by atoms with Crippen molar-refractivity contribution in [2.45, 2.75) is 19.8 Å². The highest BCUT2D eigenvalue weighted by molar-refractivity contribution is 8.19. The largest absolute Gasteiger partial charge is 0.493 e. The maximum absolute atomic E-state index is 12.6. The summed E-state index contributed by atoms with van der Waals surface area (Å²) in [6.07, 6.45) is 3.50. The van der Waals surface area contributed by atoms with Crippen LogP contribution in [-0.4, -0.2) is 22.4 Å². The number of Topliss-reactive ketones (excluding diaryl/α,β-unsaturated/α-hetero) is 1. The molecule has 1 unspecified atom stereocenters. The SMILES string of the molecule is CC(C)COc1ccc(C=C2SC(=N)C(c3nccs3)C2=O)cc1. The van der Waals surface area contributed by atoms with Gasteiger partial charge >= 0.3 is 0 Å². The zero-order valence-electron chi connectivity index (χ0n) is 13.5. The summed E-state index contributed by atoms with van der Waals surface area (Å²) in [6, 6.07) is 7.67. The molecule has 1 saturated heterocycles. The summed E-state index contributed by atoms with van der Waals surface area (Å²) in [5.41, 5.74) is 0.926. The number of aromatic nitrogens is 1. The van der Waals surface area contributed by atoms with Crippen LogP contribution in [0.5, 0.6) is 5.75 Å². The lowest BCUT2D eigenvalue weighted by atomic mass is 10.1. The minimum Gasteiger partial charge on any atom is -0.493 e. The van der Waals surface area contributed by atoms with Gasteiger partial charge in [0.15, 0.2) is 5.78 Å². The number of carbonyl (C=O) groups excluding carboxylic acids is 1. The van der Waals surface area contributed by atoms with Crippen LogP contribution in [-0.2, 0) is 4.79 Å². The van der Waals surface area contributed by atoms with E-state index in [2.05, 4.69) is 18.8 Å². The highest BCUT2D eigenvalue weighted by Gasteiger charge is 2.38. The summed E-state index contributed by atoms with van der Waals surface area (Å²) in [5, 5.41) is 11.0. The van der Waals surface area contributed by atoms with Crippen LogP contribution >= 0.6 is 23.1 Å². The molecule has 1 aromatic heterocycles. The molecule has 1 atom stereocenters. The van der Waals surface area contributed by atoms with Crippen LogP contribution in [0.25, 0.3) is 6.08 Å². The summed E-state index contributed by atoms with van der Waals surface area (Å²) in [4.78, 5) is 17.4. The number of carbonyl (C=O) groups is 1. The Morgan fingerprint density at radius 1 is 1.33 bits per heavy atom. The van der Waals surface area contributed by atoms with Gasteiger partial charge in [0.25, 0.3) is 0 Å². The van der Waals surface area contributed by atoms with E-state index >= 15 is 0 Å². The van der Waals surface area contributed by atoms with Crippen LogP contribution < -0.4 is 4.74 Å². The Balaban J connectivity index is 1.74. The van der Waals surface area contributed by atoms with Gasteiger partial charge in [0.1, 0.15) is 16.7 Å². The lowest BCUT2D eigenvalue weighted by molar-refractivity contribution is -0.114. The fraction of sp³-hybridized carbons (Fsp3) is 0.278. The molecule has 1 aromatic carbocycles. The Labute approximate surface area is 149 Å². The van der Waals surface area contributed by atoms with Gasteiger partial charge in [-0.3, -0.25) is 10.2 Å². The number of ketones is 1. The molecule has 1 fully saturated rings. The molecule has 0 radical (unpaired) electrons. The molecule has 0 bridgehead atoms. The van der Waals surface area contributed by atoms with Crippen molar-refractivity contribution < 1.29 is 9.53 Å². The zero-order chi connectivity index (χ0) is 17.1. The standard InChI is InChI=1S/C18H18N2O2S2/c1-11(2)10-22-13-5-3-12(4-6-13)9-14-16(21)15(17(19)24-14)18-20-7-8-23-18/h3-9,11,15,19H,10H2,1-2H3. The minimum atomic E-state index is -0.533. The minimum absolute atomic E-state index is 0.0416. The monoisotopic (exact) mass is 358 g/mol. The summed E-state index contributed by atoms with van der Waals surface area (Å²) in [5.74, 6) is 0.729. The van der Waals surface area contributed by atoms with E-state index in [0.29, 0.717) is 27.5 Å². The van der Waals surface area contributed by atoms with Gasteiger partial charge in [-0.25, -0.2) is 4.98 Å². The Morgan fingerprint density at radius 3 is 2.71 bits per heavy atom. The van der Waals surface area contributed by atoms with Crippen LogP contribution in [0.15, 0.2) is 40.7 Å². The van der Waals surface area contributed by atoms with Crippen molar-refractivity contribution in [2.75, 3.05) is 6.61 Å². The third-order valence-corrected chi connectivity index (χ3v) is 5.28. The third kappa shape index (κ3) is 3.76. The molecule has 0 saturated carbocycles. The Kier molecular flexibility index (Phi) is 5.16. The van der Waals surface area contributed by atoms with Crippen molar-refractivity contribution in [3.05, 3.63) is 51.3 Å². The Morgan fingerprint density at radius 2 is 2.08 bits per heavy atom. The smallest absolute Gasteiger partial charge is 0.186 e. The lowest BCUT2D eigenvalue weighted by Gasteiger charge is -2.08. The molecular formula is C18H18N2O2S2. The molecule has 6 heteroatoms. The van der Waals surface area contributed by atoms with Crippen LogP contribution in [0.2, 0.25) is 0 Å². The van der Waals surface area contributed by atoms with Gasteiger partial charge in [-0.05, 0) is 29.7 Å². The Hall–Kier alpha value is -1.92. The number of allylic oxidation sites excluding steroid dienone is 1. The van der Waals surface area contributed by atoms with Gasteiger partial charge in [0.2, 0.25) is 0 Å². The zero-order valence-corrected chi connectivity index (χ0v) is 15.1. The van der Waals surface area contributed by atoms with Crippen molar-refractivity contribution in [1.82, 2.24) is 4.98 Å². The topological polar surface area (TPSA) is 63.0 Å². The summed E-state index contributed by atoms with van der Waals surface area (Å²) in [7, 11) is 0. The molecular weight excluding hydrogens is 340 g/mol. The van der Waals surface area contributed by atoms with Crippen molar-refractivity contribution in [1.29, 1.82) is 5.41 Å². The number of ether oxygens (including phenoxy) is 1. The summed E-state index contributed by atoms with van der Waals surface area (Å²) >= 11 is 2.64. The van der Waals surface area contributed by atoms with E-state index < -0.39 is 5.92 Å². The van der Waals surface area contributed by atoms with Crippen LogP contribution in [0.1, 0.15) is 30.3 Å². The second-order valence-corrected chi connectivity index (χ2v) is 7.93. The average Bonchev–Trinajstić information content (AvgIpc) is 3.15. The normalized spacial score (nSPS) is 19.5. The number of thiazole rings is 1.